The highest BCUT2D eigenvalue weighted by Gasteiger charge is 2.45. The standard InChI is InChI=1S/C33H48O13/c1-4-24-26(37)28(39)30(41)32(45-24)43-14-20(11-18-5-7-22(35)16(2)9-18)21(12-19-6-8-23(36)17(3)10-19)15-44-33-31(42)29(40)27(38)25(13-34)46-33/h5-10,20-21,24-42H,4,11-15H2,1-3H3/t20-,21-,24-,25-,26-,27-,28+,29+,30-,31-,32-,33-/m1/s1. The molecule has 9 N–H and O–H groups in total. The fourth-order valence-electron chi connectivity index (χ4n) is 6.05. The summed E-state index contributed by atoms with van der Waals surface area (Å²) in [5.41, 5.74) is 3.03. The third-order valence-electron chi connectivity index (χ3n) is 9.05. The van der Waals surface area contributed by atoms with Gasteiger partial charge in [0.25, 0.3) is 0 Å². The van der Waals surface area contributed by atoms with E-state index < -0.39 is 73.9 Å². The zero-order valence-electron chi connectivity index (χ0n) is 26.3. The highest BCUT2D eigenvalue weighted by molar-refractivity contribution is 5.36. The van der Waals surface area contributed by atoms with Crippen molar-refractivity contribution >= 4 is 0 Å². The average molecular weight is 653 g/mol. The number of aromatic hydroxyl groups is 2. The molecular weight excluding hydrogens is 604 g/mol. The van der Waals surface area contributed by atoms with Crippen molar-refractivity contribution in [1.29, 1.82) is 0 Å². The molecule has 0 aromatic heterocycles. The van der Waals surface area contributed by atoms with Crippen LogP contribution in [0.3, 0.4) is 0 Å². The van der Waals surface area contributed by atoms with Crippen LogP contribution in [0.2, 0.25) is 0 Å². The summed E-state index contributed by atoms with van der Waals surface area (Å²) in [6.45, 7) is 4.64. The zero-order chi connectivity index (χ0) is 33.7. The first-order chi connectivity index (χ1) is 21.8. The Morgan fingerprint density at radius 3 is 1.43 bits per heavy atom. The van der Waals surface area contributed by atoms with Crippen molar-refractivity contribution in [3.63, 3.8) is 0 Å². The summed E-state index contributed by atoms with van der Waals surface area (Å²) in [6, 6.07) is 10.4. The van der Waals surface area contributed by atoms with Gasteiger partial charge in [-0.05, 0) is 79.3 Å². The van der Waals surface area contributed by atoms with Crippen LogP contribution in [0.4, 0.5) is 0 Å². The Labute approximate surface area is 268 Å². The maximum atomic E-state index is 10.7. The minimum absolute atomic E-state index is 0.0132. The van der Waals surface area contributed by atoms with E-state index in [1.54, 1.807) is 45.0 Å². The number of aryl methyl sites for hydroxylation is 2. The molecule has 2 saturated heterocycles. The lowest BCUT2D eigenvalue weighted by Crippen LogP contribution is -2.59. The Kier molecular flexibility index (Phi) is 12.8. The Morgan fingerprint density at radius 2 is 1.04 bits per heavy atom. The molecule has 12 atom stereocenters. The number of hydrogen-bond acceptors (Lipinski definition) is 13. The van der Waals surface area contributed by atoms with Crippen molar-refractivity contribution in [3.05, 3.63) is 58.7 Å². The molecule has 2 aromatic carbocycles. The van der Waals surface area contributed by atoms with Gasteiger partial charge in [0.2, 0.25) is 0 Å². The molecule has 0 saturated carbocycles. The van der Waals surface area contributed by atoms with Gasteiger partial charge in [-0.1, -0.05) is 31.2 Å². The van der Waals surface area contributed by atoms with Crippen LogP contribution < -0.4 is 0 Å². The second-order valence-electron chi connectivity index (χ2n) is 12.5. The van der Waals surface area contributed by atoms with Gasteiger partial charge in [-0.3, -0.25) is 0 Å². The van der Waals surface area contributed by atoms with Gasteiger partial charge in [-0.25, -0.2) is 0 Å². The molecule has 2 fully saturated rings. The van der Waals surface area contributed by atoms with Crippen molar-refractivity contribution in [2.75, 3.05) is 19.8 Å². The first-order valence-electron chi connectivity index (χ1n) is 15.6. The Balaban J connectivity index is 1.63. The summed E-state index contributed by atoms with van der Waals surface area (Å²) in [5, 5.41) is 92.4. The molecular formula is C33H48O13. The van der Waals surface area contributed by atoms with Crippen LogP contribution in [0.1, 0.15) is 35.6 Å². The SMILES string of the molecule is CC[C@H]1O[C@@H](OC[C@@H](Cc2ccc(O)c(C)c2)[C@@H](CO[C@@H]2O[C@H](CO)[C@@H](O)[C@H](O)[C@H]2O)Cc2ccc(O)c(C)c2)[C@H](O)[C@@H](O)[C@@H]1O. The van der Waals surface area contributed by atoms with E-state index in [1.807, 2.05) is 12.1 Å². The fraction of sp³-hybridized carbons (Fsp3) is 0.636. The zero-order valence-corrected chi connectivity index (χ0v) is 26.3. The average Bonchev–Trinajstić information content (AvgIpc) is 3.04. The first kappa shape index (κ1) is 36.4. The molecule has 0 spiro atoms. The van der Waals surface area contributed by atoms with Crippen LogP contribution in [-0.2, 0) is 31.8 Å². The van der Waals surface area contributed by atoms with Crippen molar-refractivity contribution in [2.24, 2.45) is 11.8 Å². The van der Waals surface area contributed by atoms with Gasteiger partial charge in [0.05, 0.1) is 25.9 Å². The van der Waals surface area contributed by atoms with Crippen molar-refractivity contribution in [1.82, 2.24) is 0 Å². The van der Waals surface area contributed by atoms with E-state index in [-0.39, 0.29) is 30.6 Å². The number of aliphatic hydroxyl groups excluding tert-OH is 7. The monoisotopic (exact) mass is 652 g/mol. The van der Waals surface area contributed by atoms with Gasteiger partial charge in [0.15, 0.2) is 12.6 Å². The van der Waals surface area contributed by atoms with Gasteiger partial charge < -0.3 is 64.9 Å². The second-order valence-corrected chi connectivity index (χ2v) is 12.5. The third kappa shape index (κ3) is 8.54. The number of phenols is 2. The summed E-state index contributed by atoms with van der Waals surface area (Å²) in [5.74, 6) is -0.520. The molecule has 13 nitrogen and oxygen atoms in total. The summed E-state index contributed by atoms with van der Waals surface area (Å²) in [4.78, 5) is 0. The predicted molar refractivity (Wildman–Crippen MR) is 163 cm³/mol. The van der Waals surface area contributed by atoms with Gasteiger partial charge >= 0.3 is 0 Å². The van der Waals surface area contributed by atoms with Crippen LogP contribution in [-0.4, -0.2) is 127 Å². The van der Waals surface area contributed by atoms with E-state index in [0.29, 0.717) is 30.4 Å². The normalized spacial score (nSPS) is 33.1. The van der Waals surface area contributed by atoms with Crippen molar-refractivity contribution < 1.29 is 64.9 Å². The molecule has 46 heavy (non-hydrogen) atoms. The molecule has 258 valence electrons. The summed E-state index contributed by atoms with van der Waals surface area (Å²) in [6.07, 6.45) is -12.4. The van der Waals surface area contributed by atoms with E-state index in [9.17, 15) is 46.0 Å². The Morgan fingerprint density at radius 1 is 0.630 bits per heavy atom. The minimum Gasteiger partial charge on any atom is -0.508 e. The highest BCUT2D eigenvalue weighted by Crippen LogP contribution is 2.31. The summed E-state index contributed by atoms with van der Waals surface area (Å²) < 4.78 is 23.5. The molecule has 13 heteroatoms. The van der Waals surface area contributed by atoms with Crippen LogP contribution >= 0.6 is 0 Å². The molecule has 0 radical (unpaired) electrons. The molecule has 0 bridgehead atoms. The van der Waals surface area contributed by atoms with Crippen LogP contribution in [0, 0.1) is 25.7 Å². The number of hydrogen-bond donors (Lipinski definition) is 9. The lowest BCUT2D eigenvalue weighted by molar-refractivity contribution is -0.307. The Bertz CT molecular complexity index is 1160. The maximum absolute atomic E-state index is 10.7. The first-order valence-corrected chi connectivity index (χ1v) is 15.6. The number of aliphatic hydroxyl groups is 7. The molecule has 2 heterocycles. The third-order valence-corrected chi connectivity index (χ3v) is 9.05. The summed E-state index contributed by atoms with van der Waals surface area (Å²) in [7, 11) is 0. The number of benzene rings is 2. The van der Waals surface area contributed by atoms with Crippen LogP contribution in [0.15, 0.2) is 36.4 Å². The molecule has 0 unspecified atom stereocenters. The van der Waals surface area contributed by atoms with Crippen molar-refractivity contribution in [2.45, 2.75) is 101 Å². The lowest BCUT2D eigenvalue weighted by atomic mass is 9.83. The van der Waals surface area contributed by atoms with Gasteiger partial charge in [-0.2, -0.15) is 0 Å². The van der Waals surface area contributed by atoms with Crippen LogP contribution in [0.25, 0.3) is 0 Å². The fourth-order valence-corrected chi connectivity index (χ4v) is 6.05. The molecule has 0 amide bonds. The van der Waals surface area contributed by atoms with Gasteiger partial charge in [0, 0.05) is 0 Å². The van der Waals surface area contributed by atoms with E-state index in [4.69, 9.17) is 18.9 Å². The maximum Gasteiger partial charge on any atom is 0.186 e. The van der Waals surface area contributed by atoms with Crippen LogP contribution in [0.5, 0.6) is 11.5 Å². The predicted octanol–water partition coefficient (Wildman–Crippen LogP) is -0.217. The molecule has 2 aromatic rings. The van der Waals surface area contributed by atoms with E-state index >= 15 is 0 Å². The minimum atomic E-state index is -1.62. The molecule has 4 rings (SSSR count). The molecule has 2 aliphatic heterocycles. The highest BCUT2D eigenvalue weighted by atomic mass is 16.7. The molecule has 2 aliphatic rings. The topological polar surface area (TPSA) is 219 Å². The largest absolute Gasteiger partial charge is 0.508 e. The second kappa shape index (κ2) is 16.1. The van der Waals surface area contributed by atoms with Crippen molar-refractivity contribution in [3.8, 4) is 11.5 Å². The number of phenolic OH excluding ortho intramolecular Hbond substituents is 2. The Hall–Kier alpha value is -2.40. The van der Waals surface area contributed by atoms with Gasteiger partial charge in [0.1, 0.15) is 54.2 Å². The lowest BCUT2D eigenvalue weighted by Gasteiger charge is -2.41. The van der Waals surface area contributed by atoms with E-state index in [2.05, 4.69) is 0 Å². The molecule has 0 aliphatic carbocycles. The number of rotatable bonds is 13. The number of ether oxygens (including phenoxy) is 4. The van der Waals surface area contributed by atoms with E-state index in [1.165, 1.54) is 0 Å². The quantitative estimate of drug-likeness (QED) is 0.137. The smallest absolute Gasteiger partial charge is 0.186 e. The van der Waals surface area contributed by atoms with Gasteiger partial charge in [-0.15, -0.1) is 0 Å². The van der Waals surface area contributed by atoms with E-state index in [0.717, 1.165) is 11.1 Å². The summed E-state index contributed by atoms with van der Waals surface area (Å²) >= 11 is 0.